The van der Waals surface area contributed by atoms with Crippen molar-refractivity contribution in [3.05, 3.63) is 12.3 Å². The van der Waals surface area contributed by atoms with E-state index in [0.717, 1.165) is 4.31 Å². The Labute approximate surface area is 99.5 Å². The number of rotatable bonds is 6. The molecule has 0 fully saturated rings. The molecule has 0 bridgehead atoms. The van der Waals surface area contributed by atoms with Crippen molar-refractivity contribution in [1.29, 1.82) is 0 Å². The van der Waals surface area contributed by atoms with Crippen LogP contribution in [0.5, 0.6) is 0 Å². The van der Waals surface area contributed by atoms with E-state index in [1.807, 2.05) is 0 Å². The van der Waals surface area contributed by atoms with E-state index in [1.54, 1.807) is 13.8 Å². The van der Waals surface area contributed by atoms with Gasteiger partial charge in [-0.25, -0.2) is 8.42 Å². The van der Waals surface area contributed by atoms with Crippen LogP contribution in [0.4, 0.5) is 0 Å². The maximum absolute atomic E-state index is 12.1. The molecule has 1 heterocycles. The van der Waals surface area contributed by atoms with E-state index in [9.17, 15) is 13.2 Å². The van der Waals surface area contributed by atoms with Crippen LogP contribution in [0.15, 0.2) is 17.3 Å². The highest BCUT2D eigenvalue weighted by atomic mass is 32.2. The molecule has 0 aliphatic heterocycles. The van der Waals surface area contributed by atoms with Crippen LogP contribution in [-0.2, 0) is 14.8 Å². The van der Waals surface area contributed by atoms with Crippen LogP contribution in [0.1, 0.15) is 20.3 Å². The summed E-state index contributed by atoms with van der Waals surface area (Å²) < 4.78 is 25.2. The largest absolute Gasteiger partial charge is 0.480 e. The first kappa shape index (κ1) is 13.7. The zero-order valence-corrected chi connectivity index (χ0v) is 10.4. The van der Waals surface area contributed by atoms with Gasteiger partial charge < -0.3 is 5.11 Å². The molecule has 8 heteroatoms. The van der Waals surface area contributed by atoms with Gasteiger partial charge in [0.1, 0.15) is 6.54 Å². The Morgan fingerprint density at radius 3 is 2.71 bits per heavy atom. The van der Waals surface area contributed by atoms with Gasteiger partial charge in [-0.3, -0.25) is 9.89 Å². The van der Waals surface area contributed by atoms with Gasteiger partial charge in [-0.15, -0.1) is 0 Å². The zero-order chi connectivity index (χ0) is 13.1. The van der Waals surface area contributed by atoms with Crippen molar-refractivity contribution in [3.63, 3.8) is 0 Å². The molecular formula is C9H15N3O4S. The van der Waals surface area contributed by atoms with E-state index in [1.165, 1.54) is 12.3 Å². The summed E-state index contributed by atoms with van der Waals surface area (Å²) in [6.45, 7) is 2.90. The lowest BCUT2D eigenvalue weighted by molar-refractivity contribution is -0.137. The minimum absolute atomic E-state index is 0.0981. The molecule has 1 rings (SSSR count). The van der Waals surface area contributed by atoms with Crippen LogP contribution in [-0.4, -0.2) is 46.6 Å². The van der Waals surface area contributed by atoms with Crippen LogP contribution in [0, 0.1) is 0 Å². The first-order valence-electron chi connectivity index (χ1n) is 5.12. The highest BCUT2D eigenvalue weighted by Gasteiger charge is 2.31. The third kappa shape index (κ3) is 3.04. The van der Waals surface area contributed by atoms with Gasteiger partial charge >= 0.3 is 5.97 Å². The normalized spacial score (nSPS) is 13.8. The Hall–Kier alpha value is -1.41. The van der Waals surface area contributed by atoms with E-state index in [-0.39, 0.29) is 11.1 Å². The van der Waals surface area contributed by atoms with Gasteiger partial charge in [0.05, 0.1) is 6.20 Å². The molecule has 7 nitrogen and oxygen atoms in total. The van der Waals surface area contributed by atoms with Gasteiger partial charge in [0.2, 0.25) is 0 Å². The molecule has 1 aromatic rings. The van der Waals surface area contributed by atoms with Crippen LogP contribution in [0.2, 0.25) is 0 Å². The monoisotopic (exact) mass is 261 g/mol. The maximum atomic E-state index is 12.1. The molecule has 0 aliphatic rings. The first-order valence-corrected chi connectivity index (χ1v) is 6.56. The standard InChI is InChI=1S/C9H15N3O4S/c1-3-7(2)12(6-9(13)14)17(15,16)8-4-5-10-11-8/h4-5,7H,3,6H2,1-2H3,(H,10,11)(H,13,14). The summed E-state index contributed by atoms with van der Waals surface area (Å²) in [5, 5.41) is 14.6. The fourth-order valence-electron chi connectivity index (χ4n) is 1.33. The Morgan fingerprint density at radius 2 is 2.29 bits per heavy atom. The van der Waals surface area contributed by atoms with E-state index >= 15 is 0 Å². The Bertz CT molecular complexity index is 468. The summed E-state index contributed by atoms with van der Waals surface area (Å²) in [7, 11) is -3.83. The molecule has 0 spiro atoms. The van der Waals surface area contributed by atoms with Crippen LogP contribution < -0.4 is 0 Å². The number of H-pyrrole nitrogens is 1. The summed E-state index contributed by atoms with van der Waals surface area (Å²) in [5.74, 6) is -1.19. The molecule has 1 atom stereocenters. The summed E-state index contributed by atoms with van der Waals surface area (Å²) in [5.41, 5.74) is 0. The van der Waals surface area contributed by atoms with Gasteiger partial charge in [0.15, 0.2) is 5.03 Å². The molecule has 0 amide bonds. The number of nitrogens with zero attached hydrogens (tertiary/aromatic N) is 2. The quantitative estimate of drug-likeness (QED) is 0.765. The van der Waals surface area contributed by atoms with Crippen LogP contribution in [0.3, 0.4) is 0 Å². The molecule has 2 N–H and O–H groups in total. The molecule has 1 aromatic heterocycles. The number of carbonyl (C=O) groups is 1. The molecule has 0 radical (unpaired) electrons. The van der Waals surface area contributed by atoms with Crippen molar-refractivity contribution in [3.8, 4) is 0 Å². The molecular weight excluding hydrogens is 246 g/mol. The number of aromatic amines is 1. The van der Waals surface area contributed by atoms with Crippen molar-refractivity contribution < 1.29 is 18.3 Å². The minimum atomic E-state index is -3.83. The topological polar surface area (TPSA) is 103 Å². The number of sulfonamides is 1. The molecule has 17 heavy (non-hydrogen) atoms. The van der Waals surface area contributed by atoms with Gasteiger partial charge in [0.25, 0.3) is 10.0 Å². The lowest BCUT2D eigenvalue weighted by Gasteiger charge is -2.25. The van der Waals surface area contributed by atoms with Gasteiger partial charge in [-0.2, -0.15) is 9.40 Å². The van der Waals surface area contributed by atoms with Crippen LogP contribution in [0.25, 0.3) is 0 Å². The summed E-state index contributed by atoms with van der Waals surface area (Å²) >= 11 is 0. The number of aliphatic carboxylic acids is 1. The molecule has 0 aliphatic carbocycles. The molecule has 96 valence electrons. The van der Waals surface area contributed by atoms with Gasteiger partial charge in [-0.05, 0) is 19.4 Å². The van der Waals surface area contributed by atoms with Crippen molar-refractivity contribution in [2.45, 2.75) is 31.3 Å². The number of carboxylic acids is 1. The fraction of sp³-hybridized carbons (Fsp3) is 0.556. The summed E-state index contributed by atoms with van der Waals surface area (Å²) in [6.07, 6.45) is 1.84. The number of hydrogen-bond donors (Lipinski definition) is 2. The predicted octanol–water partition coefficient (Wildman–Crippen LogP) is 0.283. The molecule has 0 saturated heterocycles. The average Bonchev–Trinajstić information content (AvgIpc) is 2.78. The van der Waals surface area contributed by atoms with Gasteiger partial charge in [0, 0.05) is 6.04 Å². The second kappa shape index (κ2) is 5.28. The minimum Gasteiger partial charge on any atom is -0.480 e. The Kier molecular flexibility index (Phi) is 4.24. The Balaban J connectivity index is 3.09. The Morgan fingerprint density at radius 1 is 1.65 bits per heavy atom. The number of carboxylic acid groups (broad SMARTS) is 1. The molecule has 1 unspecified atom stereocenters. The van der Waals surface area contributed by atoms with E-state index in [0.29, 0.717) is 6.42 Å². The molecule has 0 aromatic carbocycles. The van der Waals surface area contributed by atoms with Crippen molar-refractivity contribution in [1.82, 2.24) is 14.5 Å². The lowest BCUT2D eigenvalue weighted by Crippen LogP contribution is -2.41. The predicted molar refractivity (Wildman–Crippen MR) is 59.9 cm³/mol. The lowest BCUT2D eigenvalue weighted by atomic mass is 10.2. The smallest absolute Gasteiger partial charge is 0.318 e. The van der Waals surface area contributed by atoms with E-state index < -0.39 is 22.5 Å². The van der Waals surface area contributed by atoms with Crippen molar-refractivity contribution >= 4 is 16.0 Å². The molecule has 0 saturated carbocycles. The third-order valence-electron chi connectivity index (χ3n) is 2.44. The number of aromatic nitrogens is 2. The highest BCUT2D eigenvalue weighted by molar-refractivity contribution is 7.89. The highest BCUT2D eigenvalue weighted by Crippen LogP contribution is 2.16. The van der Waals surface area contributed by atoms with Crippen molar-refractivity contribution in [2.75, 3.05) is 6.54 Å². The SMILES string of the molecule is CCC(C)N(CC(=O)O)S(=O)(=O)c1ccn[nH]1. The van der Waals surface area contributed by atoms with Crippen LogP contribution >= 0.6 is 0 Å². The summed E-state index contributed by atoms with van der Waals surface area (Å²) in [4.78, 5) is 10.7. The van der Waals surface area contributed by atoms with E-state index in [4.69, 9.17) is 5.11 Å². The number of nitrogens with one attached hydrogen (secondary N) is 1. The average molecular weight is 261 g/mol. The fourth-order valence-corrected chi connectivity index (χ4v) is 2.88. The second-order valence-corrected chi connectivity index (χ2v) is 5.48. The van der Waals surface area contributed by atoms with E-state index in [2.05, 4.69) is 10.2 Å². The third-order valence-corrected chi connectivity index (χ3v) is 4.32. The van der Waals surface area contributed by atoms with Crippen molar-refractivity contribution in [2.24, 2.45) is 0 Å². The van der Waals surface area contributed by atoms with Gasteiger partial charge in [-0.1, -0.05) is 6.92 Å². The zero-order valence-electron chi connectivity index (χ0n) is 9.62. The second-order valence-electron chi connectivity index (χ2n) is 3.62. The number of hydrogen-bond acceptors (Lipinski definition) is 4. The maximum Gasteiger partial charge on any atom is 0.318 e. The summed E-state index contributed by atoms with van der Waals surface area (Å²) in [6, 6.07) is 0.909. The first-order chi connectivity index (χ1) is 7.89.